The van der Waals surface area contributed by atoms with Crippen LogP contribution in [0, 0.1) is 0 Å². The zero-order valence-electron chi connectivity index (χ0n) is 32.3. The molecule has 12 rings (SSSR count). The van der Waals surface area contributed by atoms with Crippen LogP contribution in [0.15, 0.2) is 194 Å². The predicted molar refractivity (Wildman–Crippen MR) is 249 cm³/mol. The summed E-state index contributed by atoms with van der Waals surface area (Å²) >= 11 is 1.88. The molecule has 0 fully saturated rings. The summed E-state index contributed by atoms with van der Waals surface area (Å²) in [6.45, 7) is 4.74. The Morgan fingerprint density at radius 1 is 0.431 bits per heavy atom. The molecule has 11 aromatic rings. The molecule has 1 aliphatic carbocycles. The summed E-state index contributed by atoms with van der Waals surface area (Å²) in [5, 5.41) is 7.74. The van der Waals surface area contributed by atoms with Gasteiger partial charge in [0, 0.05) is 59.0 Å². The Morgan fingerprint density at radius 2 is 1.05 bits per heavy atom. The molecule has 0 aliphatic heterocycles. The number of thiophene rings is 1. The van der Waals surface area contributed by atoms with Gasteiger partial charge >= 0.3 is 0 Å². The molecule has 0 saturated heterocycles. The smallest absolute Gasteiger partial charge is 0.0541 e. The molecule has 2 aromatic heterocycles. The van der Waals surface area contributed by atoms with Gasteiger partial charge in [-0.1, -0.05) is 141 Å². The van der Waals surface area contributed by atoms with Crippen LogP contribution in [0.5, 0.6) is 0 Å². The molecule has 0 N–H and O–H groups in total. The molecule has 3 heteroatoms. The summed E-state index contributed by atoms with van der Waals surface area (Å²) in [4.78, 5) is 2.48. The van der Waals surface area contributed by atoms with Gasteiger partial charge in [-0.05, 0) is 105 Å². The molecule has 9 aromatic carbocycles. The summed E-state index contributed by atoms with van der Waals surface area (Å²) in [6.07, 6.45) is 0. The number of anilines is 3. The molecule has 1 aliphatic rings. The standard InChI is InChI=1S/C55H38N2S/c1-55(2)46-21-8-3-15-39(46)40-32-31-38(34-47(40)55)56(36-27-29-37(30-28-36)57-49-23-10-4-16-41(49)42-17-5-11-24-50(42)57)48-22-9-6-18-43(48)44-20-13-14-35-26-33-52-54(53(35)44)45-19-7-12-25-51(45)58-52/h3-34H,1-2H3. The second-order valence-corrected chi connectivity index (χ2v) is 17.2. The monoisotopic (exact) mass is 758 g/mol. The number of fused-ring (bicyclic) bond motifs is 11. The number of nitrogens with zero attached hydrogens (tertiary/aromatic N) is 2. The van der Waals surface area contributed by atoms with Crippen LogP contribution in [0.25, 0.3) is 80.7 Å². The van der Waals surface area contributed by atoms with Crippen molar-refractivity contribution in [2.75, 3.05) is 4.90 Å². The molecule has 0 spiro atoms. The minimum atomic E-state index is -0.130. The minimum absolute atomic E-state index is 0.130. The lowest BCUT2D eigenvalue weighted by atomic mass is 9.82. The average molecular weight is 759 g/mol. The number of hydrogen-bond acceptors (Lipinski definition) is 2. The van der Waals surface area contributed by atoms with Crippen molar-refractivity contribution in [3.8, 4) is 27.9 Å². The molecule has 0 bridgehead atoms. The minimum Gasteiger partial charge on any atom is -0.310 e. The molecule has 0 saturated carbocycles. The Kier molecular flexibility index (Phi) is 7.18. The van der Waals surface area contributed by atoms with Crippen LogP contribution in [0.4, 0.5) is 17.1 Å². The van der Waals surface area contributed by atoms with Gasteiger partial charge in [-0.15, -0.1) is 11.3 Å². The van der Waals surface area contributed by atoms with Crippen molar-refractivity contribution in [1.82, 2.24) is 4.57 Å². The van der Waals surface area contributed by atoms with E-state index in [1.54, 1.807) is 0 Å². The van der Waals surface area contributed by atoms with Crippen molar-refractivity contribution in [1.29, 1.82) is 0 Å². The van der Waals surface area contributed by atoms with Crippen molar-refractivity contribution in [3.63, 3.8) is 0 Å². The Balaban J connectivity index is 1.10. The van der Waals surface area contributed by atoms with E-state index in [0.717, 1.165) is 22.7 Å². The molecule has 2 heterocycles. The summed E-state index contributed by atoms with van der Waals surface area (Å²) < 4.78 is 5.03. The lowest BCUT2D eigenvalue weighted by Crippen LogP contribution is -2.17. The number of aromatic nitrogens is 1. The first kappa shape index (κ1) is 33.2. The predicted octanol–water partition coefficient (Wildman–Crippen LogP) is 15.7. The van der Waals surface area contributed by atoms with Crippen LogP contribution >= 0.6 is 11.3 Å². The third kappa shape index (κ3) is 4.77. The number of benzene rings is 9. The number of para-hydroxylation sites is 3. The van der Waals surface area contributed by atoms with Gasteiger partial charge in [0.05, 0.1) is 16.7 Å². The van der Waals surface area contributed by atoms with E-state index in [1.165, 1.54) is 86.1 Å². The maximum atomic E-state index is 2.48. The fourth-order valence-electron chi connectivity index (χ4n) is 9.92. The maximum Gasteiger partial charge on any atom is 0.0541 e. The molecular formula is C55H38N2S. The van der Waals surface area contributed by atoms with E-state index in [0.29, 0.717) is 0 Å². The average Bonchev–Trinajstić information content (AvgIpc) is 3.90. The molecule has 274 valence electrons. The van der Waals surface area contributed by atoms with Gasteiger partial charge < -0.3 is 9.47 Å². The van der Waals surface area contributed by atoms with Crippen LogP contribution in [0.3, 0.4) is 0 Å². The molecule has 0 amide bonds. The Morgan fingerprint density at radius 3 is 1.84 bits per heavy atom. The molecule has 2 nitrogen and oxygen atoms in total. The second-order valence-electron chi connectivity index (χ2n) is 16.1. The zero-order valence-corrected chi connectivity index (χ0v) is 33.1. The fraction of sp³-hybridized carbons (Fsp3) is 0.0545. The Labute approximate surface area is 341 Å². The van der Waals surface area contributed by atoms with E-state index in [-0.39, 0.29) is 5.41 Å². The SMILES string of the molecule is CC1(C)c2ccccc2-c2ccc(N(c3ccc(-n4c5ccccc5c5ccccc54)cc3)c3ccccc3-c3cccc4ccc5sc6ccccc6c5c34)cc21. The second kappa shape index (κ2) is 12.5. The number of hydrogen-bond donors (Lipinski definition) is 0. The first-order valence-electron chi connectivity index (χ1n) is 20.1. The first-order valence-corrected chi connectivity index (χ1v) is 20.9. The van der Waals surface area contributed by atoms with E-state index in [1.807, 2.05) is 11.3 Å². The van der Waals surface area contributed by atoms with E-state index in [9.17, 15) is 0 Å². The summed E-state index contributed by atoms with van der Waals surface area (Å²) in [5.74, 6) is 0. The lowest BCUT2D eigenvalue weighted by molar-refractivity contribution is 0.660. The van der Waals surface area contributed by atoms with Crippen molar-refractivity contribution < 1.29 is 0 Å². The molecule has 0 unspecified atom stereocenters. The van der Waals surface area contributed by atoms with Crippen LogP contribution in [-0.4, -0.2) is 4.57 Å². The third-order valence-corrected chi connectivity index (χ3v) is 13.7. The summed E-state index contributed by atoms with van der Waals surface area (Å²) in [5.41, 5.74) is 14.6. The normalized spacial score (nSPS) is 13.1. The van der Waals surface area contributed by atoms with E-state index >= 15 is 0 Å². The van der Waals surface area contributed by atoms with E-state index in [2.05, 4.69) is 217 Å². The van der Waals surface area contributed by atoms with Gasteiger partial charge in [-0.3, -0.25) is 0 Å². The van der Waals surface area contributed by atoms with Gasteiger partial charge in [-0.25, -0.2) is 0 Å². The summed E-state index contributed by atoms with van der Waals surface area (Å²) in [6, 6.07) is 71.9. The van der Waals surface area contributed by atoms with Crippen LogP contribution < -0.4 is 4.90 Å². The van der Waals surface area contributed by atoms with Gasteiger partial charge in [0.15, 0.2) is 0 Å². The van der Waals surface area contributed by atoms with Crippen molar-refractivity contribution in [2.24, 2.45) is 0 Å². The molecular weight excluding hydrogens is 721 g/mol. The molecule has 58 heavy (non-hydrogen) atoms. The van der Waals surface area contributed by atoms with Crippen LogP contribution in [0.2, 0.25) is 0 Å². The van der Waals surface area contributed by atoms with Gasteiger partial charge in [0.2, 0.25) is 0 Å². The van der Waals surface area contributed by atoms with E-state index < -0.39 is 0 Å². The van der Waals surface area contributed by atoms with Crippen LogP contribution in [-0.2, 0) is 5.41 Å². The third-order valence-electron chi connectivity index (χ3n) is 12.6. The Hall–Kier alpha value is -6.94. The number of rotatable bonds is 5. The molecule has 0 atom stereocenters. The van der Waals surface area contributed by atoms with Crippen molar-refractivity contribution in [2.45, 2.75) is 19.3 Å². The fourth-order valence-corrected chi connectivity index (χ4v) is 11.0. The maximum absolute atomic E-state index is 2.48. The quantitative estimate of drug-likeness (QED) is 0.170. The topological polar surface area (TPSA) is 8.17 Å². The highest BCUT2D eigenvalue weighted by molar-refractivity contribution is 7.26. The highest BCUT2D eigenvalue weighted by Crippen LogP contribution is 2.52. The van der Waals surface area contributed by atoms with Gasteiger partial charge in [0.25, 0.3) is 0 Å². The van der Waals surface area contributed by atoms with Gasteiger partial charge in [0.1, 0.15) is 0 Å². The lowest BCUT2D eigenvalue weighted by Gasteiger charge is -2.30. The zero-order chi connectivity index (χ0) is 38.5. The molecule has 0 radical (unpaired) electrons. The summed E-state index contributed by atoms with van der Waals surface area (Å²) in [7, 11) is 0. The highest BCUT2D eigenvalue weighted by atomic mass is 32.1. The Bertz CT molecular complexity index is 3380. The first-order chi connectivity index (χ1) is 28.5. The van der Waals surface area contributed by atoms with E-state index in [4.69, 9.17) is 0 Å². The highest BCUT2D eigenvalue weighted by Gasteiger charge is 2.36. The largest absolute Gasteiger partial charge is 0.310 e. The van der Waals surface area contributed by atoms with Gasteiger partial charge in [-0.2, -0.15) is 0 Å². The van der Waals surface area contributed by atoms with Crippen LogP contribution in [0.1, 0.15) is 25.0 Å². The van der Waals surface area contributed by atoms with Crippen molar-refractivity contribution in [3.05, 3.63) is 205 Å². The van der Waals surface area contributed by atoms with Crippen molar-refractivity contribution >= 4 is 81.1 Å².